The Morgan fingerprint density at radius 1 is 1.15 bits per heavy atom. The van der Waals surface area contributed by atoms with Crippen molar-refractivity contribution in [1.82, 2.24) is 9.97 Å². The fourth-order valence-corrected chi connectivity index (χ4v) is 2.35. The van der Waals surface area contributed by atoms with Crippen LogP contribution in [0.4, 0.5) is 5.82 Å². The molecule has 0 spiro atoms. The first-order valence-corrected chi connectivity index (χ1v) is 7.06. The largest absolute Gasteiger partial charge is 0.308 e. The number of hydrazine groups is 1. The zero-order valence-corrected chi connectivity index (χ0v) is 12.0. The highest BCUT2D eigenvalue weighted by molar-refractivity contribution is 5.38. The number of aryl methyl sites for hydroxylation is 2. The Labute approximate surface area is 119 Å². The van der Waals surface area contributed by atoms with E-state index in [2.05, 4.69) is 47.4 Å². The summed E-state index contributed by atoms with van der Waals surface area (Å²) in [4.78, 5) is 9.15. The summed E-state index contributed by atoms with van der Waals surface area (Å²) < 4.78 is 0. The topological polar surface area (TPSA) is 63.8 Å². The lowest BCUT2D eigenvalue weighted by Crippen LogP contribution is -2.11. The Balaban J connectivity index is 1.88. The second-order valence-electron chi connectivity index (χ2n) is 5.61. The molecule has 4 heteroatoms. The number of nitrogens with zero attached hydrogens (tertiary/aromatic N) is 2. The van der Waals surface area contributed by atoms with Crippen LogP contribution in [0.25, 0.3) is 0 Å². The highest BCUT2D eigenvalue weighted by Gasteiger charge is 2.26. The minimum absolute atomic E-state index is 0.601. The first kappa shape index (κ1) is 13.1. The van der Waals surface area contributed by atoms with Gasteiger partial charge >= 0.3 is 0 Å². The van der Waals surface area contributed by atoms with Gasteiger partial charge in [-0.25, -0.2) is 15.8 Å². The van der Waals surface area contributed by atoms with Crippen molar-refractivity contribution in [3.8, 4) is 0 Å². The third-order valence-corrected chi connectivity index (χ3v) is 3.87. The molecule has 1 fully saturated rings. The SMILES string of the molecule is Cc1ccc(Cc2nc(NN)cc(C3CC3)n2)cc1C. The summed E-state index contributed by atoms with van der Waals surface area (Å²) in [6.07, 6.45) is 3.20. The van der Waals surface area contributed by atoms with Crippen LogP contribution in [-0.2, 0) is 6.42 Å². The van der Waals surface area contributed by atoms with E-state index >= 15 is 0 Å². The van der Waals surface area contributed by atoms with Gasteiger partial charge in [0.2, 0.25) is 0 Å². The lowest BCUT2D eigenvalue weighted by Gasteiger charge is -2.08. The highest BCUT2D eigenvalue weighted by atomic mass is 15.3. The molecule has 1 aliphatic carbocycles. The molecule has 0 atom stereocenters. The van der Waals surface area contributed by atoms with E-state index in [0.29, 0.717) is 11.7 Å². The zero-order chi connectivity index (χ0) is 14.1. The van der Waals surface area contributed by atoms with E-state index in [1.165, 1.54) is 29.5 Å². The van der Waals surface area contributed by atoms with Gasteiger partial charge in [0, 0.05) is 24.1 Å². The maximum Gasteiger partial charge on any atom is 0.143 e. The van der Waals surface area contributed by atoms with Gasteiger partial charge in [-0.2, -0.15) is 0 Å². The number of rotatable bonds is 4. The van der Waals surface area contributed by atoms with Gasteiger partial charge in [-0.3, -0.25) is 0 Å². The second-order valence-corrected chi connectivity index (χ2v) is 5.61. The number of nitrogen functional groups attached to an aromatic ring is 1. The van der Waals surface area contributed by atoms with E-state index < -0.39 is 0 Å². The van der Waals surface area contributed by atoms with Gasteiger partial charge in [-0.05, 0) is 43.4 Å². The van der Waals surface area contributed by atoms with E-state index in [-0.39, 0.29) is 0 Å². The molecular formula is C16H20N4. The maximum absolute atomic E-state index is 5.51. The number of anilines is 1. The fourth-order valence-electron chi connectivity index (χ4n) is 2.35. The van der Waals surface area contributed by atoms with Gasteiger partial charge in [-0.1, -0.05) is 18.2 Å². The minimum Gasteiger partial charge on any atom is -0.308 e. The summed E-state index contributed by atoms with van der Waals surface area (Å²) in [5, 5.41) is 0. The first-order chi connectivity index (χ1) is 9.65. The molecule has 3 rings (SSSR count). The Morgan fingerprint density at radius 3 is 2.60 bits per heavy atom. The molecule has 0 amide bonds. The van der Waals surface area contributed by atoms with Crippen molar-refractivity contribution in [2.45, 2.75) is 39.0 Å². The number of hydrogen-bond acceptors (Lipinski definition) is 4. The molecule has 1 saturated carbocycles. The lowest BCUT2D eigenvalue weighted by molar-refractivity contribution is 0.898. The Morgan fingerprint density at radius 2 is 1.95 bits per heavy atom. The van der Waals surface area contributed by atoms with E-state index in [9.17, 15) is 0 Å². The van der Waals surface area contributed by atoms with Gasteiger partial charge in [0.15, 0.2) is 0 Å². The molecule has 1 heterocycles. The van der Waals surface area contributed by atoms with Crippen molar-refractivity contribution >= 4 is 5.82 Å². The average Bonchev–Trinajstić information content (AvgIpc) is 3.27. The van der Waals surface area contributed by atoms with E-state index in [0.717, 1.165) is 17.9 Å². The Kier molecular flexibility index (Phi) is 3.40. The molecule has 4 nitrogen and oxygen atoms in total. The smallest absolute Gasteiger partial charge is 0.143 e. The van der Waals surface area contributed by atoms with Crippen LogP contribution in [0.3, 0.4) is 0 Å². The summed E-state index contributed by atoms with van der Waals surface area (Å²) in [5.41, 5.74) is 7.62. The zero-order valence-electron chi connectivity index (χ0n) is 12.0. The third-order valence-electron chi connectivity index (χ3n) is 3.87. The van der Waals surface area contributed by atoms with Crippen LogP contribution in [0.15, 0.2) is 24.3 Å². The van der Waals surface area contributed by atoms with E-state index in [1.807, 2.05) is 6.07 Å². The third kappa shape index (κ3) is 2.80. The van der Waals surface area contributed by atoms with Gasteiger partial charge in [0.25, 0.3) is 0 Å². The summed E-state index contributed by atoms with van der Waals surface area (Å²) in [5.74, 6) is 7.65. The van der Waals surface area contributed by atoms with E-state index in [4.69, 9.17) is 5.84 Å². The Bertz CT molecular complexity index is 632. The molecule has 20 heavy (non-hydrogen) atoms. The molecule has 0 bridgehead atoms. The van der Waals surface area contributed by atoms with Crippen molar-refractivity contribution in [1.29, 1.82) is 0 Å². The molecule has 1 aromatic carbocycles. The summed E-state index contributed by atoms with van der Waals surface area (Å²) >= 11 is 0. The molecule has 3 N–H and O–H groups in total. The van der Waals surface area contributed by atoms with Crippen LogP contribution < -0.4 is 11.3 Å². The number of nitrogens with two attached hydrogens (primary N) is 1. The molecule has 1 aromatic heterocycles. The lowest BCUT2D eigenvalue weighted by atomic mass is 10.0. The second kappa shape index (κ2) is 5.21. The maximum atomic E-state index is 5.51. The van der Waals surface area contributed by atoms with Gasteiger partial charge in [-0.15, -0.1) is 0 Å². The van der Waals surface area contributed by atoms with Crippen molar-refractivity contribution < 1.29 is 0 Å². The molecule has 2 aromatic rings. The number of nitrogens with one attached hydrogen (secondary N) is 1. The van der Waals surface area contributed by atoms with Gasteiger partial charge < -0.3 is 5.43 Å². The predicted octanol–water partition coefficient (Wildman–Crippen LogP) is 2.85. The van der Waals surface area contributed by atoms with Crippen LogP contribution in [0.1, 0.15) is 47.0 Å². The van der Waals surface area contributed by atoms with Crippen molar-refractivity contribution in [3.05, 3.63) is 52.5 Å². The predicted molar refractivity (Wildman–Crippen MR) is 80.5 cm³/mol. The quantitative estimate of drug-likeness (QED) is 0.661. The molecule has 104 valence electrons. The normalized spacial score (nSPS) is 14.3. The van der Waals surface area contributed by atoms with Crippen molar-refractivity contribution in [2.75, 3.05) is 5.43 Å². The van der Waals surface area contributed by atoms with Crippen LogP contribution in [0.2, 0.25) is 0 Å². The first-order valence-electron chi connectivity index (χ1n) is 7.06. The highest BCUT2D eigenvalue weighted by Crippen LogP contribution is 2.39. The monoisotopic (exact) mass is 268 g/mol. The summed E-state index contributed by atoms with van der Waals surface area (Å²) in [6.45, 7) is 4.26. The van der Waals surface area contributed by atoms with Crippen molar-refractivity contribution in [2.24, 2.45) is 5.84 Å². The van der Waals surface area contributed by atoms with Crippen LogP contribution >= 0.6 is 0 Å². The number of hydrogen-bond donors (Lipinski definition) is 2. The Hall–Kier alpha value is -1.94. The fraction of sp³-hybridized carbons (Fsp3) is 0.375. The average molecular weight is 268 g/mol. The summed E-state index contributed by atoms with van der Waals surface area (Å²) in [6, 6.07) is 8.46. The van der Waals surface area contributed by atoms with Crippen LogP contribution in [0.5, 0.6) is 0 Å². The van der Waals surface area contributed by atoms with Gasteiger partial charge in [0.1, 0.15) is 11.6 Å². The van der Waals surface area contributed by atoms with Crippen molar-refractivity contribution in [3.63, 3.8) is 0 Å². The standard InChI is InChI=1S/C16H20N4/c1-10-3-4-12(7-11(10)2)8-15-18-14(13-5-6-13)9-16(19-15)20-17/h3-4,7,9,13H,5-6,8,17H2,1-2H3,(H,18,19,20). The molecule has 1 aliphatic rings. The summed E-state index contributed by atoms with van der Waals surface area (Å²) in [7, 11) is 0. The number of benzene rings is 1. The molecule has 0 radical (unpaired) electrons. The van der Waals surface area contributed by atoms with E-state index in [1.54, 1.807) is 0 Å². The van der Waals surface area contributed by atoms with Crippen LogP contribution in [0, 0.1) is 13.8 Å². The van der Waals surface area contributed by atoms with Crippen LogP contribution in [-0.4, -0.2) is 9.97 Å². The molecule has 0 unspecified atom stereocenters. The molecule has 0 aliphatic heterocycles. The minimum atomic E-state index is 0.601. The molecule has 0 saturated heterocycles. The molecular weight excluding hydrogens is 248 g/mol. The number of aromatic nitrogens is 2. The van der Waals surface area contributed by atoms with Gasteiger partial charge in [0.05, 0.1) is 0 Å².